The Morgan fingerprint density at radius 2 is 1.76 bits per heavy atom. The van der Waals surface area contributed by atoms with E-state index in [2.05, 4.69) is 41.5 Å². The zero-order chi connectivity index (χ0) is 23.9. The summed E-state index contributed by atoms with van der Waals surface area (Å²) in [5.41, 5.74) is 4.11. The normalized spacial score (nSPS) is 10.9. The molecule has 0 bridgehead atoms. The maximum atomic E-state index is 12.9. The highest BCUT2D eigenvalue weighted by atomic mass is 32.2. The second-order valence-electron chi connectivity index (χ2n) is 7.70. The van der Waals surface area contributed by atoms with Gasteiger partial charge in [-0.2, -0.15) is 0 Å². The number of benzene rings is 2. The van der Waals surface area contributed by atoms with E-state index in [1.54, 1.807) is 13.4 Å². The largest absolute Gasteiger partial charge is 0.497 e. The first-order chi connectivity index (χ1) is 16.6. The van der Waals surface area contributed by atoms with Crippen molar-refractivity contribution >= 4 is 23.4 Å². The molecule has 1 amide bonds. The van der Waals surface area contributed by atoms with Crippen molar-refractivity contribution in [2.45, 2.75) is 38.4 Å². The van der Waals surface area contributed by atoms with Crippen LogP contribution in [-0.4, -0.2) is 33.5 Å². The standard InChI is InChI=1S/C26H28N4O3S/c1-4-18-8-6-9-19(5-2)24(18)27-23(31)17-34-26-29-28-25(20-11-13-21(32-3)14-12-20)30(26)16-22-10-7-15-33-22/h6-15H,4-5,16-17H2,1-3H3,(H,27,31). The molecule has 2 heterocycles. The number of methoxy groups -OCH3 is 1. The van der Waals surface area contributed by atoms with Crippen molar-refractivity contribution in [2.24, 2.45) is 0 Å². The first-order valence-electron chi connectivity index (χ1n) is 11.3. The van der Waals surface area contributed by atoms with Gasteiger partial charge in [0.15, 0.2) is 11.0 Å². The monoisotopic (exact) mass is 476 g/mol. The minimum Gasteiger partial charge on any atom is -0.497 e. The topological polar surface area (TPSA) is 82.2 Å². The molecule has 0 spiro atoms. The third kappa shape index (κ3) is 5.34. The number of hydrogen-bond acceptors (Lipinski definition) is 6. The number of furan rings is 1. The third-order valence-corrected chi connectivity index (χ3v) is 6.52. The van der Waals surface area contributed by atoms with Crippen LogP contribution in [0.25, 0.3) is 11.4 Å². The van der Waals surface area contributed by atoms with Crippen LogP contribution >= 0.6 is 11.8 Å². The van der Waals surface area contributed by atoms with Gasteiger partial charge in [-0.05, 0) is 60.4 Å². The fraction of sp³-hybridized carbons (Fsp3) is 0.269. The van der Waals surface area contributed by atoms with Crippen LogP contribution < -0.4 is 10.1 Å². The molecule has 4 rings (SSSR count). The molecule has 34 heavy (non-hydrogen) atoms. The van der Waals surface area contributed by atoms with E-state index in [0.29, 0.717) is 17.5 Å². The molecule has 7 nitrogen and oxygen atoms in total. The SMILES string of the molecule is CCc1cccc(CC)c1NC(=O)CSc1nnc(-c2ccc(OC)cc2)n1Cc1ccco1. The highest BCUT2D eigenvalue weighted by Gasteiger charge is 2.18. The summed E-state index contributed by atoms with van der Waals surface area (Å²) < 4.78 is 12.8. The summed E-state index contributed by atoms with van der Waals surface area (Å²) in [6.07, 6.45) is 3.36. The van der Waals surface area contributed by atoms with Crippen LogP contribution in [0.5, 0.6) is 5.75 Å². The molecule has 2 aromatic carbocycles. The van der Waals surface area contributed by atoms with E-state index in [1.165, 1.54) is 11.8 Å². The molecular formula is C26H28N4O3S. The summed E-state index contributed by atoms with van der Waals surface area (Å²) >= 11 is 1.36. The fourth-order valence-electron chi connectivity index (χ4n) is 3.76. The fourth-order valence-corrected chi connectivity index (χ4v) is 4.50. The second kappa shape index (κ2) is 11.1. The molecule has 0 saturated carbocycles. The number of rotatable bonds is 10. The number of carbonyl (C=O) groups excluding carboxylic acids is 1. The molecule has 0 fully saturated rings. The lowest BCUT2D eigenvalue weighted by Crippen LogP contribution is -2.17. The predicted octanol–water partition coefficient (Wildman–Crippen LogP) is 5.45. The number of anilines is 1. The summed E-state index contributed by atoms with van der Waals surface area (Å²) in [5, 5.41) is 12.6. The van der Waals surface area contributed by atoms with E-state index in [1.807, 2.05) is 47.0 Å². The number of hydrogen-bond donors (Lipinski definition) is 1. The van der Waals surface area contributed by atoms with Crippen LogP contribution in [0, 0.1) is 0 Å². The first kappa shape index (κ1) is 23.6. The molecule has 176 valence electrons. The van der Waals surface area contributed by atoms with Crippen molar-refractivity contribution in [1.29, 1.82) is 0 Å². The Balaban J connectivity index is 1.55. The van der Waals surface area contributed by atoms with E-state index >= 15 is 0 Å². The van der Waals surface area contributed by atoms with Crippen molar-refractivity contribution < 1.29 is 13.9 Å². The molecule has 0 radical (unpaired) electrons. The summed E-state index contributed by atoms with van der Waals surface area (Å²) in [6.45, 7) is 4.65. The van der Waals surface area contributed by atoms with E-state index < -0.39 is 0 Å². The van der Waals surface area contributed by atoms with Gasteiger partial charge < -0.3 is 14.5 Å². The van der Waals surface area contributed by atoms with Crippen LogP contribution in [0.1, 0.15) is 30.7 Å². The molecule has 2 aromatic heterocycles. The lowest BCUT2D eigenvalue weighted by Gasteiger charge is -2.14. The maximum absolute atomic E-state index is 12.9. The van der Waals surface area contributed by atoms with Crippen LogP contribution in [-0.2, 0) is 24.2 Å². The summed E-state index contributed by atoms with van der Waals surface area (Å²) in [7, 11) is 1.64. The lowest BCUT2D eigenvalue weighted by atomic mass is 10.0. The van der Waals surface area contributed by atoms with Gasteiger partial charge in [-0.15, -0.1) is 10.2 Å². The highest BCUT2D eigenvalue weighted by Crippen LogP contribution is 2.28. The van der Waals surface area contributed by atoms with Gasteiger partial charge in [-0.25, -0.2) is 0 Å². The van der Waals surface area contributed by atoms with Crippen molar-refractivity contribution in [3.63, 3.8) is 0 Å². The number of nitrogens with zero attached hydrogens (tertiary/aromatic N) is 3. The van der Waals surface area contributed by atoms with Gasteiger partial charge >= 0.3 is 0 Å². The quantitative estimate of drug-likeness (QED) is 0.307. The smallest absolute Gasteiger partial charge is 0.234 e. The second-order valence-corrected chi connectivity index (χ2v) is 8.64. The van der Waals surface area contributed by atoms with Crippen LogP contribution in [0.3, 0.4) is 0 Å². The molecule has 0 atom stereocenters. The summed E-state index contributed by atoms with van der Waals surface area (Å²) in [4.78, 5) is 12.9. The van der Waals surface area contributed by atoms with Gasteiger partial charge in [0.05, 0.1) is 25.7 Å². The van der Waals surface area contributed by atoms with Gasteiger partial charge in [0, 0.05) is 11.3 Å². The molecule has 0 saturated heterocycles. The molecule has 0 unspecified atom stereocenters. The van der Waals surface area contributed by atoms with Gasteiger partial charge in [0.25, 0.3) is 0 Å². The van der Waals surface area contributed by atoms with Crippen LogP contribution in [0.4, 0.5) is 5.69 Å². The molecule has 0 aliphatic carbocycles. The average molecular weight is 477 g/mol. The zero-order valence-corrected chi connectivity index (χ0v) is 20.4. The molecule has 1 N–H and O–H groups in total. The lowest BCUT2D eigenvalue weighted by molar-refractivity contribution is -0.113. The number of para-hydroxylation sites is 1. The van der Waals surface area contributed by atoms with E-state index in [4.69, 9.17) is 9.15 Å². The Labute approximate surface area is 203 Å². The average Bonchev–Trinajstić information content (AvgIpc) is 3.53. The summed E-state index contributed by atoms with van der Waals surface area (Å²) in [6, 6.07) is 17.6. The number of thioether (sulfide) groups is 1. The van der Waals surface area contributed by atoms with E-state index in [-0.39, 0.29) is 11.7 Å². The maximum Gasteiger partial charge on any atom is 0.234 e. The summed E-state index contributed by atoms with van der Waals surface area (Å²) in [5.74, 6) is 2.40. The van der Waals surface area contributed by atoms with Gasteiger partial charge in [0.2, 0.25) is 5.91 Å². The third-order valence-electron chi connectivity index (χ3n) is 5.55. The minimum atomic E-state index is -0.0702. The zero-order valence-electron chi connectivity index (χ0n) is 19.6. The number of nitrogens with one attached hydrogen (secondary N) is 1. The Bertz CT molecular complexity index is 1210. The van der Waals surface area contributed by atoms with E-state index in [9.17, 15) is 4.79 Å². The first-order valence-corrected chi connectivity index (χ1v) is 12.2. The Morgan fingerprint density at radius 3 is 2.38 bits per heavy atom. The van der Waals surface area contributed by atoms with Gasteiger partial charge in [-0.3, -0.25) is 9.36 Å². The van der Waals surface area contributed by atoms with Crippen LogP contribution in [0.2, 0.25) is 0 Å². The van der Waals surface area contributed by atoms with Gasteiger partial charge in [0.1, 0.15) is 11.5 Å². The van der Waals surface area contributed by atoms with Crippen molar-refractivity contribution in [2.75, 3.05) is 18.2 Å². The van der Waals surface area contributed by atoms with Crippen molar-refractivity contribution in [1.82, 2.24) is 14.8 Å². The molecule has 8 heteroatoms. The number of aromatic nitrogens is 3. The number of carbonyl (C=O) groups is 1. The Morgan fingerprint density at radius 1 is 1.03 bits per heavy atom. The number of ether oxygens (including phenoxy) is 1. The van der Waals surface area contributed by atoms with Gasteiger partial charge in [-0.1, -0.05) is 43.8 Å². The van der Waals surface area contributed by atoms with Crippen molar-refractivity contribution in [3.8, 4) is 17.1 Å². The predicted molar refractivity (Wildman–Crippen MR) is 134 cm³/mol. The minimum absolute atomic E-state index is 0.0702. The molecule has 0 aliphatic rings. The molecular weight excluding hydrogens is 448 g/mol. The molecule has 4 aromatic rings. The van der Waals surface area contributed by atoms with Crippen LogP contribution in [0.15, 0.2) is 70.4 Å². The van der Waals surface area contributed by atoms with E-state index in [0.717, 1.165) is 46.7 Å². The molecule has 0 aliphatic heterocycles. The highest BCUT2D eigenvalue weighted by molar-refractivity contribution is 7.99. The number of amides is 1. The Hall–Kier alpha value is -3.52. The Kier molecular flexibility index (Phi) is 7.69. The number of aryl methyl sites for hydroxylation is 2. The van der Waals surface area contributed by atoms with Crippen molar-refractivity contribution in [3.05, 3.63) is 77.7 Å².